The van der Waals surface area contributed by atoms with Crippen molar-refractivity contribution in [2.45, 2.75) is 32.7 Å². The second-order valence-corrected chi connectivity index (χ2v) is 7.99. The lowest BCUT2D eigenvalue weighted by atomic mass is 10.0. The van der Waals surface area contributed by atoms with Crippen molar-refractivity contribution in [1.29, 1.82) is 0 Å². The third kappa shape index (κ3) is 5.96. The van der Waals surface area contributed by atoms with Gasteiger partial charge >= 0.3 is 5.97 Å². The summed E-state index contributed by atoms with van der Waals surface area (Å²) in [7, 11) is 2.87. The molecular formula is C21H26N2O6S. The molecule has 2 N–H and O–H groups in total. The first-order chi connectivity index (χ1) is 14.2. The molecule has 0 aliphatic carbocycles. The second-order valence-electron chi connectivity index (χ2n) is 7.05. The molecule has 1 heterocycles. The Kier molecular flexibility index (Phi) is 7.82. The fraction of sp³-hybridized carbons (Fsp3) is 0.381. The first-order valence-corrected chi connectivity index (χ1v) is 10.2. The van der Waals surface area contributed by atoms with Crippen LogP contribution in [0.5, 0.6) is 11.5 Å². The molecule has 2 aromatic rings. The summed E-state index contributed by atoms with van der Waals surface area (Å²) >= 11 is 1.27. The number of hydrogen-bond donors (Lipinski definition) is 2. The predicted octanol–water partition coefficient (Wildman–Crippen LogP) is 3.48. The molecule has 0 saturated heterocycles. The summed E-state index contributed by atoms with van der Waals surface area (Å²) in [6.07, 6.45) is 0.723. The minimum Gasteiger partial charge on any atom is -0.493 e. The van der Waals surface area contributed by atoms with Gasteiger partial charge in [-0.2, -0.15) is 0 Å². The number of nitrogens with one attached hydrogen (secondary N) is 2. The molecule has 0 unspecified atom stereocenters. The summed E-state index contributed by atoms with van der Waals surface area (Å²) in [6, 6.07) is 6.29. The van der Waals surface area contributed by atoms with Crippen molar-refractivity contribution in [2.24, 2.45) is 0 Å². The van der Waals surface area contributed by atoms with Crippen LogP contribution in [0.25, 0.3) is 0 Å². The number of carbonyl (C=O) groups is 3. The maximum absolute atomic E-state index is 12.7. The fourth-order valence-corrected chi connectivity index (χ4v) is 3.07. The zero-order valence-electron chi connectivity index (χ0n) is 17.7. The Bertz CT molecular complexity index is 908. The van der Waals surface area contributed by atoms with Crippen molar-refractivity contribution in [2.75, 3.05) is 26.1 Å². The molecule has 0 radical (unpaired) electrons. The van der Waals surface area contributed by atoms with E-state index >= 15 is 0 Å². The van der Waals surface area contributed by atoms with Crippen LogP contribution in [0.2, 0.25) is 0 Å². The van der Waals surface area contributed by atoms with E-state index in [-0.39, 0.29) is 22.9 Å². The predicted molar refractivity (Wildman–Crippen MR) is 115 cm³/mol. The van der Waals surface area contributed by atoms with Gasteiger partial charge in [0, 0.05) is 17.7 Å². The van der Waals surface area contributed by atoms with Gasteiger partial charge in [0.05, 0.1) is 30.3 Å². The quantitative estimate of drug-likeness (QED) is 0.586. The Labute approximate surface area is 179 Å². The molecule has 0 bridgehead atoms. The number of ether oxygens (including phenoxy) is 3. The minimum absolute atomic E-state index is 0.0418. The summed E-state index contributed by atoms with van der Waals surface area (Å²) in [5, 5.41) is 7.25. The van der Waals surface area contributed by atoms with E-state index < -0.39 is 24.0 Å². The SMILES string of the molecule is CCC(C)(C)NC(=O)COC(=O)c1cc(OC)c(OC)cc1NC(=O)c1cccs1. The lowest BCUT2D eigenvalue weighted by Crippen LogP contribution is -2.44. The number of methoxy groups -OCH3 is 2. The van der Waals surface area contributed by atoms with E-state index in [2.05, 4.69) is 10.6 Å². The Balaban J connectivity index is 2.24. The summed E-state index contributed by atoms with van der Waals surface area (Å²) in [4.78, 5) is 37.7. The van der Waals surface area contributed by atoms with Crippen molar-refractivity contribution in [3.63, 3.8) is 0 Å². The molecule has 0 saturated carbocycles. The summed E-state index contributed by atoms with van der Waals surface area (Å²) in [5.74, 6) is -0.955. The van der Waals surface area contributed by atoms with Gasteiger partial charge in [0.1, 0.15) is 0 Å². The van der Waals surface area contributed by atoms with Crippen LogP contribution in [0, 0.1) is 0 Å². The number of thiophene rings is 1. The molecule has 2 amide bonds. The first-order valence-electron chi connectivity index (χ1n) is 9.29. The number of amides is 2. The zero-order valence-corrected chi connectivity index (χ0v) is 18.5. The largest absolute Gasteiger partial charge is 0.493 e. The highest BCUT2D eigenvalue weighted by Crippen LogP contribution is 2.34. The molecule has 1 aromatic carbocycles. The molecule has 0 atom stereocenters. The molecule has 0 spiro atoms. The monoisotopic (exact) mass is 434 g/mol. The molecule has 9 heteroatoms. The van der Waals surface area contributed by atoms with Gasteiger partial charge in [0.2, 0.25) is 0 Å². The highest BCUT2D eigenvalue weighted by molar-refractivity contribution is 7.12. The maximum atomic E-state index is 12.7. The topological polar surface area (TPSA) is 103 Å². The van der Waals surface area contributed by atoms with Crippen LogP contribution in [-0.2, 0) is 9.53 Å². The van der Waals surface area contributed by atoms with Gasteiger partial charge in [-0.1, -0.05) is 13.0 Å². The average Bonchev–Trinajstić information content (AvgIpc) is 3.26. The molecule has 0 aliphatic heterocycles. The zero-order chi connectivity index (χ0) is 22.3. The van der Waals surface area contributed by atoms with Crippen molar-refractivity contribution >= 4 is 34.8 Å². The summed E-state index contributed by atoms with van der Waals surface area (Å²) in [6.45, 7) is 5.24. The molecule has 1 aromatic heterocycles. The van der Waals surface area contributed by atoms with Crippen molar-refractivity contribution < 1.29 is 28.6 Å². The fourth-order valence-electron chi connectivity index (χ4n) is 2.45. The van der Waals surface area contributed by atoms with Gasteiger partial charge in [0.25, 0.3) is 11.8 Å². The van der Waals surface area contributed by atoms with Crippen LogP contribution in [-0.4, -0.2) is 44.1 Å². The Morgan fingerprint density at radius 1 is 1.10 bits per heavy atom. The standard InChI is InChI=1S/C21H26N2O6S/c1-6-21(2,3)23-18(24)12-29-20(26)13-10-15(27-4)16(28-5)11-14(13)22-19(25)17-8-7-9-30-17/h7-11H,6,12H2,1-5H3,(H,22,25)(H,23,24). The van der Waals surface area contributed by atoms with E-state index in [0.29, 0.717) is 10.6 Å². The van der Waals surface area contributed by atoms with E-state index in [4.69, 9.17) is 14.2 Å². The van der Waals surface area contributed by atoms with Gasteiger partial charge in [-0.15, -0.1) is 11.3 Å². The van der Waals surface area contributed by atoms with E-state index in [0.717, 1.165) is 6.42 Å². The van der Waals surface area contributed by atoms with Gasteiger partial charge in [-0.25, -0.2) is 4.79 Å². The molecule has 0 aliphatic rings. The number of rotatable bonds is 9. The molecule has 2 rings (SSSR count). The van der Waals surface area contributed by atoms with E-state index in [1.54, 1.807) is 17.5 Å². The average molecular weight is 435 g/mol. The van der Waals surface area contributed by atoms with Crippen molar-refractivity contribution in [1.82, 2.24) is 5.32 Å². The smallest absolute Gasteiger partial charge is 0.340 e. The molecule has 30 heavy (non-hydrogen) atoms. The van der Waals surface area contributed by atoms with E-state index in [1.807, 2.05) is 20.8 Å². The van der Waals surface area contributed by atoms with Gasteiger partial charge in [0.15, 0.2) is 18.1 Å². The number of carbonyl (C=O) groups excluding carboxylic acids is 3. The lowest BCUT2D eigenvalue weighted by Gasteiger charge is -2.24. The van der Waals surface area contributed by atoms with E-state index in [9.17, 15) is 14.4 Å². The normalized spacial score (nSPS) is 10.8. The molecule has 162 valence electrons. The Morgan fingerprint density at radius 2 is 1.77 bits per heavy atom. The second kappa shape index (κ2) is 10.1. The summed E-state index contributed by atoms with van der Waals surface area (Å²) < 4.78 is 15.7. The van der Waals surface area contributed by atoms with Crippen molar-refractivity contribution in [3.05, 3.63) is 40.1 Å². The van der Waals surface area contributed by atoms with Crippen LogP contribution >= 0.6 is 11.3 Å². The van der Waals surface area contributed by atoms with Crippen LogP contribution in [0.3, 0.4) is 0 Å². The number of esters is 1. The highest BCUT2D eigenvalue weighted by atomic mass is 32.1. The first kappa shape index (κ1) is 23.2. The van der Waals surface area contributed by atoms with Gasteiger partial charge in [-0.3, -0.25) is 9.59 Å². The number of anilines is 1. The van der Waals surface area contributed by atoms with Crippen molar-refractivity contribution in [3.8, 4) is 11.5 Å². The number of benzene rings is 1. The molecule has 8 nitrogen and oxygen atoms in total. The van der Waals surface area contributed by atoms with Crippen LogP contribution < -0.4 is 20.1 Å². The molecular weight excluding hydrogens is 408 g/mol. The highest BCUT2D eigenvalue weighted by Gasteiger charge is 2.23. The van der Waals surface area contributed by atoms with E-state index in [1.165, 1.54) is 37.7 Å². The third-order valence-corrected chi connectivity index (χ3v) is 5.30. The lowest BCUT2D eigenvalue weighted by molar-refractivity contribution is -0.125. The maximum Gasteiger partial charge on any atom is 0.340 e. The third-order valence-electron chi connectivity index (χ3n) is 4.43. The molecule has 0 fully saturated rings. The Morgan fingerprint density at radius 3 is 2.33 bits per heavy atom. The van der Waals surface area contributed by atoms with Gasteiger partial charge in [-0.05, 0) is 31.7 Å². The Hall–Kier alpha value is -3.07. The van der Waals surface area contributed by atoms with Gasteiger partial charge < -0.3 is 24.8 Å². The minimum atomic E-state index is -0.776. The number of hydrogen-bond acceptors (Lipinski definition) is 7. The van der Waals surface area contributed by atoms with Crippen LogP contribution in [0.1, 0.15) is 47.2 Å². The van der Waals surface area contributed by atoms with Crippen LogP contribution in [0.15, 0.2) is 29.6 Å². The van der Waals surface area contributed by atoms with Crippen LogP contribution in [0.4, 0.5) is 5.69 Å². The summed E-state index contributed by atoms with van der Waals surface area (Å²) in [5.41, 5.74) is -0.183.